The molecule has 0 spiro atoms. The summed E-state index contributed by atoms with van der Waals surface area (Å²) < 4.78 is 0. The smallest absolute Gasteiger partial charge is 0.230 e. The van der Waals surface area contributed by atoms with Crippen molar-refractivity contribution in [1.29, 1.82) is 0 Å². The summed E-state index contributed by atoms with van der Waals surface area (Å²) in [6, 6.07) is 0.383. The van der Waals surface area contributed by atoms with Gasteiger partial charge >= 0.3 is 0 Å². The minimum Gasteiger partial charge on any atom is -0.395 e. The fourth-order valence-corrected chi connectivity index (χ4v) is 2.36. The Hall–Kier alpha value is -0.610. The zero-order valence-electron chi connectivity index (χ0n) is 9.11. The topological polar surface area (TPSA) is 66.6 Å². The first-order valence-electron chi connectivity index (χ1n) is 5.85. The highest BCUT2D eigenvalue weighted by Gasteiger charge is 2.47. The number of carbonyl (C=O) groups is 1. The van der Waals surface area contributed by atoms with Crippen LogP contribution < -0.4 is 5.73 Å². The molecule has 1 amide bonds. The lowest BCUT2D eigenvalue weighted by molar-refractivity contribution is -0.147. The number of aliphatic hydroxyl groups is 1. The summed E-state index contributed by atoms with van der Waals surface area (Å²) in [5.41, 5.74) is 5.43. The Labute approximate surface area is 90.4 Å². The maximum absolute atomic E-state index is 12.3. The number of amides is 1. The van der Waals surface area contributed by atoms with Crippen LogP contribution >= 0.6 is 0 Å². The molecule has 0 aliphatic heterocycles. The van der Waals surface area contributed by atoms with Gasteiger partial charge in [0, 0.05) is 19.1 Å². The van der Waals surface area contributed by atoms with E-state index in [0.717, 1.165) is 32.1 Å². The highest BCUT2D eigenvalue weighted by Crippen LogP contribution is 2.43. The summed E-state index contributed by atoms with van der Waals surface area (Å²) in [6.45, 7) is 0.995. The van der Waals surface area contributed by atoms with E-state index in [1.165, 1.54) is 0 Å². The molecule has 2 rings (SSSR count). The fourth-order valence-electron chi connectivity index (χ4n) is 2.36. The maximum atomic E-state index is 12.3. The Morgan fingerprint density at radius 3 is 2.47 bits per heavy atom. The summed E-state index contributed by atoms with van der Waals surface area (Å²) in [4.78, 5) is 14.1. The predicted octanol–water partition coefficient (Wildman–Crippen LogP) is 0.0987. The molecule has 0 aromatic carbocycles. The molecule has 0 saturated heterocycles. The first-order chi connectivity index (χ1) is 7.23. The van der Waals surface area contributed by atoms with Crippen molar-refractivity contribution < 1.29 is 9.90 Å². The van der Waals surface area contributed by atoms with Gasteiger partial charge in [0.25, 0.3) is 0 Å². The third kappa shape index (κ3) is 1.88. The van der Waals surface area contributed by atoms with Crippen LogP contribution in [0.25, 0.3) is 0 Å². The Morgan fingerprint density at radius 2 is 2.13 bits per heavy atom. The molecule has 2 aliphatic carbocycles. The van der Waals surface area contributed by atoms with Crippen LogP contribution in [0, 0.1) is 5.41 Å². The molecule has 2 aliphatic rings. The zero-order valence-corrected chi connectivity index (χ0v) is 9.11. The third-order valence-electron chi connectivity index (χ3n) is 3.74. The summed E-state index contributed by atoms with van der Waals surface area (Å²) in [5.74, 6) is 0.188. The van der Waals surface area contributed by atoms with Crippen LogP contribution in [0.5, 0.6) is 0 Å². The summed E-state index contributed by atoms with van der Waals surface area (Å²) in [5, 5.41) is 8.97. The van der Waals surface area contributed by atoms with E-state index in [2.05, 4.69) is 0 Å². The average molecular weight is 212 g/mol. The van der Waals surface area contributed by atoms with Gasteiger partial charge in [-0.15, -0.1) is 0 Å². The van der Waals surface area contributed by atoms with E-state index in [1.807, 2.05) is 4.90 Å². The van der Waals surface area contributed by atoms with Gasteiger partial charge in [0.05, 0.1) is 12.0 Å². The molecule has 0 radical (unpaired) electrons. The zero-order chi connectivity index (χ0) is 10.9. The van der Waals surface area contributed by atoms with E-state index in [4.69, 9.17) is 10.8 Å². The largest absolute Gasteiger partial charge is 0.395 e. The first kappa shape index (κ1) is 10.9. The van der Waals surface area contributed by atoms with E-state index in [9.17, 15) is 4.79 Å². The number of hydrogen-bond acceptors (Lipinski definition) is 3. The number of nitrogens with two attached hydrogens (primary N) is 1. The molecule has 0 heterocycles. The van der Waals surface area contributed by atoms with Crippen LogP contribution in [-0.4, -0.2) is 41.7 Å². The predicted molar refractivity (Wildman–Crippen MR) is 57.2 cm³/mol. The van der Waals surface area contributed by atoms with Gasteiger partial charge in [0.1, 0.15) is 0 Å². The normalized spacial score (nSPS) is 23.3. The number of aliphatic hydroxyl groups excluding tert-OH is 1. The van der Waals surface area contributed by atoms with Crippen molar-refractivity contribution in [2.45, 2.75) is 38.1 Å². The monoisotopic (exact) mass is 212 g/mol. The Bertz CT molecular complexity index is 241. The summed E-state index contributed by atoms with van der Waals surface area (Å²) in [6.07, 6.45) is 5.15. The Morgan fingerprint density at radius 1 is 1.47 bits per heavy atom. The summed E-state index contributed by atoms with van der Waals surface area (Å²) in [7, 11) is 0. The molecule has 4 nitrogen and oxygen atoms in total. The second-order valence-corrected chi connectivity index (χ2v) is 4.79. The Kier molecular flexibility index (Phi) is 2.98. The molecular formula is C11H20N2O2. The van der Waals surface area contributed by atoms with Crippen molar-refractivity contribution in [3.63, 3.8) is 0 Å². The molecule has 3 N–H and O–H groups in total. The lowest BCUT2D eigenvalue weighted by Crippen LogP contribution is -2.53. The molecule has 86 valence electrons. The van der Waals surface area contributed by atoms with Crippen LogP contribution in [0.3, 0.4) is 0 Å². The van der Waals surface area contributed by atoms with Gasteiger partial charge in [-0.05, 0) is 25.7 Å². The number of rotatable bonds is 5. The van der Waals surface area contributed by atoms with E-state index in [0.29, 0.717) is 19.1 Å². The third-order valence-corrected chi connectivity index (χ3v) is 3.74. The van der Waals surface area contributed by atoms with Crippen LogP contribution in [0.15, 0.2) is 0 Å². The highest BCUT2D eigenvalue weighted by atomic mass is 16.3. The minimum absolute atomic E-state index is 0.0584. The standard InChI is InChI=1S/C11H20N2O2/c12-8-11(4-1-5-11)10(15)13(6-7-14)9-2-3-9/h9,14H,1-8,12H2. The lowest BCUT2D eigenvalue weighted by Gasteiger charge is -2.42. The van der Waals surface area contributed by atoms with E-state index >= 15 is 0 Å². The Balaban J connectivity index is 2.02. The number of hydrogen-bond donors (Lipinski definition) is 2. The maximum Gasteiger partial charge on any atom is 0.230 e. The molecule has 0 bridgehead atoms. The molecule has 0 unspecified atom stereocenters. The van der Waals surface area contributed by atoms with Gasteiger partial charge < -0.3 is 15.7 Å². The molecule has 15 heavy (non-hydrogen) atoms. The quantitative estimate of drug-likeness (QED) is 0.679. The van der Waals surface area contributed by atoms with Gasteiger partial charge in [-0.3, -0.25) is 4.79 Å². The highest BCUT2D eigenvalue weighted by molar-refractivity contribution is 5.84. The SMILES string of the molecule is NCC1(C(=O)N(CCO)C2CC2)CCC1. The number of carbonyl (C=O) groups excluding carboxylic acids is 1. The van der Waals surface area contributed by atoms with Gasteiger partial charge in [-0.2, -0.15) is 0 Å². The molecule has 0 aromatic rings. The van der Waals surface area contributed by atoms with Crippen LogP contribution in [0.4, 0.5) is 0 Å². The number of nitrogens with zero attached hydrogens (tertiary/aromatic N) is 1. The van der Waals surface area contributed by atoms with Crippen molar-refractivity contribution in [1.82, 2.24) is 4.90 Å². The van der Waals surface area contributed by atoms with Crippen molar-refractivity contribution in [2.75, 3.05) is 19.7 Å². The van der Waals surface area contributed by atoms with E-state index in [-0.39, 0.29) is 17.9 Å². The van der Waals surface area contributed by atoms with Crippen LogP contribution in [-0.2, 0) is 4.79 Å². The second-order valence-electron chi connectivity index (χ2n) is 4.79. The van der Waals surface area contributed by atoms with Crippen molar-refractivity contribution >= 4 is 5.91 Å². The molecule has 2 fully saturated rings. The van der Waals surface area contributed by atoms with E-state index < -0.39 is 0 Å². The molecule has 2 saturated carbocycles. The second kappa shape index (κ2) is 4.10. The van der Waals surface area contributed by atoms with Crippen LogP contribution in [0.2, 0.25) is 0 Å². The minimum atomic E-state index is -0.280. The van der Waals surface area contributed by atoms with Gasteiger partial charge in [-0.25, -0.2) is 0 Å². The molecule has 4 heteroatoms. The molecule has 0 atom stereocenters. The van der Waals surface area contributed by atoms with Gasteiger partial charge in [0.15, 0.2) is 0 Å². The fraction of sp³-hybridized carbons (Fsp3) is 0.909. The molecular weight excluding hydrogens is 192 g/mol. The van der Waals surface area contributed by atoms with Crippen molar-refractivity contribution in [3.8, 4) is 0 Å². The average Bonchev–Trinajstić information content (AvgIpc) is 2.96. The van der Waals surface area contributed by atoms with Crippen molar-refractivity contribution in [2.24, 2.45) is 11.1 Å². The van der Waals surface area contributed by atoms with Gasteiger partial charge in [-0.1, -0.05) is 6.42 Å². The lowest BCUT2D eigenvalue weighted by atomic mass is 9.67. The van der Waals surface area contributed by atoms with Gasteiger partial charge in [0.2, 0.25) is 5.91 Å². The van der Waals surface area contributed by atoms with Crippen molar-refractivity contribution in [3.05, 3.63) is 0 Å². The summed E-state index contributed by atoms with van der Waals surface area (Å²) >= 11 is 0. The molecule has 0 aromatic heterocycles. The first-order valence-corrected chi connectivity index (χ1v) is 5.85. The van der Waals surface area contributed by atoms with Crippen LogP contribution in [0.1, 0.15) is 32.1 Å². The van der Waals surface area contributed by atoms with E-state index in [1.54, 1.807) is 0 Å².